The lowest BCUT2D eigenvalue weighted by molar-refractivity contribution is 0.0303. The van der Waals surface area contributed by atoms with Crippen molar-refractivity contribution in [2.45, 2.75) is 13.8 Å². The summed E-state index contributed by atoms with van der Waals surface area (Å²) in [5.41, 5.74) is 4.80. The molecule has 4 rings (SSSR count). The number of nitrogens with zero attached hydrogens (tertiary/aromatic N) is 3. The molecule has 1 N–H and O–H groups in total. The SMILES string of the molecule is Cc1ccc2c(Nc3ccc(Br)c(C)c3)c(C(=O)N3CCOCC3)cnc2n1. The topological polar surface area (TPSA) is 67.4 Å². The molecule has 1 saturated heterocycles. The van der Waals surface area contributed by atoms with Gasteiger partial charge in [-0.1, -0.05) is 15.9 Å². The van der Waals surface area contributed by atoms with Gasteiger partial charge in [-0.25, -0.2) is 9.97 Å². The first-order valence-corrected chi connectivity index (χ1v) is 9.99. The zero-order valence-corrected chi connectivity index (χ0v) is 17.4. The highest BCUT2D eigenvalue weighted by atomic mass is 79.9. The number of benzene rings is 1. The Bertz CT molecular complexity index is 1050. The fraction of sp³-hybridized carbons (Fsp3) is 0.286. The maximum absolute atomic E-state index is 13.2. The Balaban J connectivity index is 1.81. The molecule has 1 aliphatic rings. The van der Waals surface area contributed by atoms with Crippen LogP contribution in [0, 0.1) is 13.8 Å². The lowest BCUT2D eigenvalue weighted by atomic mass is 10.1. The molecule has 1 aliphatic heterocycles. The summed E-state index contributed by atoms with van der Waals surface area (Å²) in [6.45, 7) is 6.24. The maximum Gasteiger partial charge on any atom is 0.257 e. The van der Waals surface area contributed by atoms with Gasteiger partial charge in [0.05, 0.1) is 24.5 Å². The second kappa shape index (κ2) is 7.85. The largest absolute Gasteiger partial charge is 0.378 e. The lowest BCUT2D eigenvalue weighted by Gasteiger charge is -2.27. The van der Waals surface area contributed by atoms with E-state index in [0.29, 0.717) is 37.5 Å². The summed E-state index contributed by atoms with van der Waals surface area (Å²) >= 11 is 3.53. The van der Waals surface area contributed by atoms with Crippen LogP contribution in [0.3, 0.4) is 0 Å². The number of nitrogens with one attached hydrogen (secondary N) is 1. The molecule has 0 aliphatic carbocycles. The van der Waals surface area contributed by atoms with Crippen LogP contribution in [0.15, 0.2) is 41.0 Å². The van der Waals surface area contributed by atoms with Crippen LogP contribution in [-0.4, -0.2) is 47.1 Å². The van der Waals surface area contributed by atoms with Crippen LogP contribution in [0.2, 0.25) is 0 Å². The van der Waals surface area contributed by atoms with Crippen LogP contribution >= 0.6 is 15.9 Å². The second-order valence-electron chi connectivity index (χ2n) is 6.86. The number of morpholine rings is 1. The molecule has 1 amide bonds. The molecule has 1 fully saturated rings. The van der Waals surface area contributed by atoms with Crippen molar-refractivity contribution in [1.82, 2.24) is 14.9 Å². The van der Waals surface area contributed by atoms with Crippen LogP contribution in [0.25, 0.3) is 11.0 Å². The molecule has 0 spiro atoms. The van der Waals surface area contributed by atoms with Gasteiger partial charge in [0.2, 0.25) is 0 Å². The van der Waals surface area contributed by atoms with Crippen LogP contribution in [-0.2, 0) is 4.74 Å². The summed E-state index contributed by atoms with van der Waals surface area (Å²) in [6, 6.07) is 9.92. The minimum atomic E-state index is -0.0467. The maximum atomic E-state index is 13.2. The van der Waals surface area contributed by atoms with Crippen LogP contribution in [0.4, 0.5) is 11.4 Å². The number of pyridine rings is 2. The monoisotopic (exact) mass is 440 g/mol. The molecule has 0 unspecified atom stereocenters. The number of hydrogen-bond acceptors (Lipinski definition) is 5. The zero-order valence-electron chi connectivity index (χ0n) is 15.8. The van der Waals surface area contributed by atoms with E-state index in [0.717, 1.165) is 32.5 Å². The quantitative estimate of drug-likeness (QED) is 0.659. The number of aryl methyl sites for hydroxylation is 2. The van der Waals surface area contributed by atoms with E-state index in [1.54, 1.807) is 6.20 Å². The first kappa shape index (κ1) is 18.8. The number of fused-ring (bicyclic) bond motifs is 1. The van der Waals surface area contributed by atoms with Crippen molar-refractivity contribution in [2.75, 3.05) is 31.6 Å². The van der Waals surface area contributed by atoms with Crippen LogP contribution < -0.4 is 5.32 Å². The van der Waals surface area contributed by atoms with E-state index in [2.05, 4.69) is 31.2 Å². The zero-order chi connectivity index (χ0) is 19.7. The fourth-order valence-electron chi connectivity index (χ4n) is 3.27. The predicted octanol–water partition coefficient (Wildman–Crippen LogP) is 4.23. The highest BCUT2D eigenvalue weighted by molar-refractivity contribution is 9.10. The molecular formula is C21H21BrN4O2. The van der Waals surface area contributed by atoms with E-state index < -0.39 is 0 Å². The Kier molecular flexibility index (Phi) is 5.28. The average Bonchev–Trinajstić information content (AvgIpc) is 2.71. The third kappa shape index (κ3) is 3.72. The van der Waals surface area contributed by atoms with Crippen LogP contribution in [0.1, 0.15) is 21.6 Å². The van der Waals surface area contributed by atoms with E-state index in [1.165, 1.54) is 0 Å². The van der Waals surface area contributed by atoms with Gasteiger partial charge in [0.25, 0.3) is 5.91 Å². The van der Waals surface area contributed by atoms with Gasteiger partial charge in [-0.15, -0.1) is 0 Å². The Hall–Kier alpha value is -2.51. The molecule has 0 radical (unpaired) electrons. The molecule has 3 heterocycles. The number of amides is 1. The van der Waals surface area contributed by atoms with Crippen LogP contribution in [0.5, 0.6) is 0 Å². The number of hydrogen-bond donors (Lipinski definition) is 1. The molecule has 3 aromatic rings. The molecule has 7 heteroatoms. The molecule has 28 heavy (non-hydrogen) atoms. The molecule has 144 valence electrons. The van der Waals surface area contributed by atoms with Crippen molar-refractivity contribution in [2.24, 2.45) is 0 Å². The fourth-order valence-corrected chi connectivity index (χ4v) is 3.52. The van der Waals surface area contributed by atoms with Gasteiger partial charge in [-0.2, -0.15) is 0 Å². The standard InChI is InChI=1S/C21H21BrN4O2/c1-13-11-15(4-6-18(13)22)25-19-16-5-3-14(2)24-20(16)23-12-17(19)21(27)26-7-9-28-10-8-26/h3-6,11-12H,7-10H2,1-2H3,(H,23,24,25). The van der Waals surface area contributed by atoms with Gasteiger partial charge in [0.1, 0.15) is 0 Å². The molecule has 2 aromatic heterocycles. The van der Waals surface area contributed by atoms with Crippen molar-refractivity contribution < 1.29 is 9.53 Å². The summed E-state index contributed by atoms with van der Waals surface area (Å²) in [5.74, 6) is -0.0467. The Morgan fingerprint density at radius 3 is 2.71 bits per heavy atom. The summed E-state index contributed by atoms with van der Waals surface area (Å²) in [4.78, 5) is 24.0. The number of carbonyl (C=O) groups excluding carboxylic acids is 1. The van der Waals surface area contributed by atoms with Gasteiger partial charge in [0, 0.05) is 40.5 Å². The summed E-state index contributed by atoms with van der Waals surface area (Å²) in [7, 11) is 0. The van der Waals surface area contributed by atoms with E-state index >= 15 is 0 Å². The summed E-state index contributed by atoms with van der Waals surface area (Å²) in [6.07, 6.45) is 1.63. The minimum absolute atomic E-state index is 0.0467. The van der Waals surface area contributed by atoms with Gasteiger partial charge in [-0.05, 0) is 49.7 Å². The molecule has 1 aromatic carbocycles. The number of anilines is 2. The molecule has 6 nitrogen and oxygen atoms in total. The highest BCUT2D eigenvalue weighted by Gasteiger charge is 2.23. The number of carbonyl (C=O) groups is 1. The number of ether oxygens (including phenoxy) is 1. The Morgan fingerprint density at radius 2 is 1.96 bits per heavy atom. The van der Waals surface area contributed by atoms with Crippen molar-refractivity contribution >= 4 is 44.2 Å². The molecular weight excluding hydrogens is 420 g/mol. The van der Waals surface area contributed by atoms with Gasteiger partial charge >= 0.3 is 0 Å². The van der Waals surface area contributed by atoms with E-state index in [9.17, 15) is 4.79 Å². The highest BCUT2D eigenvalue weighted by Crippen LogP contribution is 2.31. The molecule has 0 bridgehead atoms. The van der Waals surface area contributed by atoms with Crippen molar-refractivity contribution in [1.29, 1.82) is 0 Å². The lowest BCUT2D eigenvalue weighted by Crippen LogP contribution is -2.41. The third-order valence-electron chi connectivity index (χ3n) is 4.82. The predicted molar refractivity (Wildman–Crippen MR) is 113 cm³/mol. The second-order valence-corrected chi connectivity index (χ2v) is 7.72. The van der Waals surface area contributed by atoms with E-state index in [-0.39, 0.29) is 5.91 Å². The van der Waals surface area contributed by atoms with Crippen molar-refractivity contribution in [3.8, 4) is 0 Å². The van der Waals surface area contributed by atoms with E-state index in [4.69, 9.17) is 4.74 Å². The summed E-state index contributed by atoms with van der Waals surface area (Å²) in [5, 5.41) is 4.27. The summed E-state index contributed by atoms with van der Waals surface area (Å²) < 4.78 is 6.42. The number of halogens is 1. The smallest absolute Gasteiger partial charge is 0.257 e. The van der Waals surface area contributed by atoms with E-state index in [1.807, 2.05) is 49.1 Å². The molecule has 0 atom stereocenters. The number of aromatic nitrogens is 2. The Morgan fingerprint density at radius 1 is 1.18 bits per heavy atom. The first-order chi connectivity index (χ1) is 13.5. The number of rotatable bonds is 3. The first-order valence-electron chi connectivity index (χ1n) is 9.19. The average molecular weight is 441 g/mol. The normalized spacial score (nSPS) is 14.3. The van der Waals surface area contributed by atoms with Crippen molar-refractivity contribution in [3.05, 3.63) is 57.8 Å². The van der Waals surface area contributed by atoms with Gasteiger partial charge in [0.15, 0.2) is 5.65 Å². The minimum Gasteiger partial charge on any atom is -0.378 e. The molecule has 0 saturated carbocycles. The van der Waals surface area contributed by atoms with Gasteiger partial charge in [-0.3, -0.25) is 4.79 Å². The van der Waals surface area contributed by atoms with Gasteiger partial charge < -0.3 is 15.0 Å². The van der Waals surface area contributed by atoms with Crippen molar-refractivity contribution in [3.63, 3.8) is 0 Å². The Labute approximate surface area is 172 Å². The third-order valence-corrected chi connectivity index (χ3v) is 5.71.